The SMILES string of the molecule is O=C(CCCc1ccccc1)Nc1ccc(Cl)cc1C(=O)c1ccccc1. The van der Waals surface area contributed by atoms with Crippen LogP contribution >= 0.6 is 11.6 Å². The molecule has 0 aliphatic heterocycles. The number of hydrogen-bond donors (Lipinski definition) is 1. The van der Waals surface area contributed by atoms with Gasteiger partial charge in [-0.15, -0.1) is 0 Å². The van der Waals surface area contributed by atoms with Gasteiger partial charge in [-0.1, -0.05) is 72.3 Å². The Hall–Kier alpha value is -2.91. The molecule has 3 rings (SSSR count). The Labute approximate surface area is 164 Å². The Morgan fingerprint density at radius 1 is 0.852 bits per heavy atom. The maximum Gasteiger partial charge on any atom is 0.224 e. The maximum atomic E-state index is 12.8. The molecule has 0 saturated carbocycles. The Bertz CT molecular complexity index is 924. The van der Waals surface area contributed by atoms with E-state index in [-0.39, 0.29) is 11.7 Å². The molecule has 0 aromatic heterocycles. The van der Waals surface area contributed by atoms with E-state index in [4.69, 9.17) is 11.6 Å². The fourth-order valence-electron chi connectivity index (χ4n) is 2.87. The van der Waals surface area contributed by atoms with Crippen LogP contribution in [0.25, 0.3) is 0 Å². The lowest BCUT2D eigenvalue weighted by molar-refractivity contribution is -0.116. The average molecular weight is 378 g/mol. The summed E-state index contributed by atoms with van der Waals surface area (Å²) in [6.45, 7) is 0. The van der Waals surface area contributed by atoms with Crippen molar-refractivity contribution >= 4 is 29.0 Å². The van der Waals surface area contributed by atoms with Crippen molar-refractivity contribution in [2.45, 2.75) is 19.3 Å². The van der Waals surface area contributed by atoms with E-state index in [9.17, 15) is 9.59 Å². The summed E-state index contributed by atoms with van der Waals surface area (Å²) in [7, 11) is 0. The van der Waals surface area contributed by atoms with Crippen LogP contribution < -0.4 is 5.32 Å². The lowest BCUT2D eigenvalue weighted by Crippen LogP contribution is -2.15. The highest BCUT2D eigenvalue weighted by molar-refractivity contribution is 6.31. The molecular weight excluding hydrogens is 358 g/mol. The Morgan fingerprint density at radius 3 is 2.22 bits per heavy atom. The third-order valence-electron chi connectivity index (χ3n) is 4.25. The molecule has 1 N–H and O–H groups in total. The zero-order chi connectivity index (χ0) is 19.1. The minimum Gasteiger partial charge on any atom is -0.325 e. The topological polar surface area (TPSA) is 46.2 Å². The van der Waals surface area contributed by atoms with Crippen LogP contribution in [-0.2, 0) is 11.2 Å². The molecule has 0 bridgehead atoms. The van der Waals surface area contributed by atoms with Crippen LogP contribution in [0.15, 0.2) is 78.9 Å². The van der Waals surface area contributed by atoms with E-state index < -0.39 is 0 Å². The van der Waals surface area contributed by atoms with Crippen molar-refractivity contribution in [3.05, 3.63) is 101 Å². The van der Waals surface area contributed by atoms with Crippen molar-refractivity contribution in [3.63, 3.8) is 0 Å². The second-order valence-corrected chi connectivity index (χ2v) is 6.71. The number of rotatable bonds is 7. The fraction of sp³-hybridized carbons (Fsp3) is 0.130. The van der Waals surface area contributed by atoms with Crippen molar-refractivity contribution in [1.29, 1.82) is 0 Å². The van der Waals surface area contributed by atoms with Crippen molar-refractivity contribution < 1.29 is 9.59 Å². The molecule has 0 aliphatic rings. The predicted octanol–water partition coefficient (Wildman–Crippen LogP) is 5.53. The normalized spacial score (nSPS) is 10.4. The smallest absolute Gasteiger partial charge is 0.224 e. The van der Waals surface area contributed by atoms with Gasteiger partial charge >= 0.3 is 0 Å². The van der Waals surface area contributed by atoms with Gasteiger partial charge in [-0.2, -0.15) is 0 Å². The van der Waals surface area contributed by atoms with E-state index in [0.717, 1.165) is 12.8 Å². The number of benzene rings is 3. The summed E-state index contributed by atoms with van der Waals surface area (Å²) in [5.74, 6) is -0.284. The molecule has 3 nitrogen and oxygen atoms in total. The number of carbonyl (C=O) groups excluding carboxylic acids is 2. The highest BCUT2D eigenvalue weighted by Crippen LogP contribution is 2.24. The Balaban J connectivity index is 1.67. The molecule has 3 aromatic rings. The van der Waals surface area contributed by atoms with Gasteiger partial charge in [-0.25, -0.2) is 0 Å². The zero-order valence-electron chi connectivity index (χ0n) is 14.8. The second kappa shape index (κ2) is 9.15. The molecule has 3 aromatic carbocycles. The molecule has 0 aliphatic carbocycles. The van der Waals surface area contributed by atoms with Crippen molar-refractivity contribution in [3.8, 4) is 0 Å². The van der Waals surface area contributed by atoms with Gasteiger partial charge in [0.1, 0.15) is 0 Å². The van der Waals surface area contributed by atoms with Crippen molar-refractivity contribution in [1.82, 2.24) is 0 Å². The molecule has 0 saturated heterocycles. The quantitative estimate of drug-likeness (QED) is 0.550. The molecular formula is C23H20ClNO2. The first-order valence-electron chi connectivity index (χ1n) is 8.86. The molecule has 0 radical (unpaired) electrons. The van der Waals surface area contributed by atoms with Gasteiger partial charge in [-0.05, 0) is 36.6 Å². The second-order valence-electron chi connectivity index (χ2n) is 6.27. The van der Waals surface area contributed by atoms with Crippen LogP contribution in [0.1, 0.15) is 34.3 Å². The zero-order valence-corrected chi connectivity index (χ0v) is 15.6. The van der Waals surface area contributed by atoms with E-state index in [2.05, 4.69) is 5.32 Å². The van der Waals surface area contributed by atoms with E-state index in [1.165, 1.54) is 5.56 Å². The predicted molar refractivity (Wildman–Crippen MR) is 109 cm³/mol. The molecule has 0 unspecified atom stereocenters. The summed E-state index contributed by atoms with van der Waals surface area (Å²) in [5.41, 5.74) is 2.64. The van der Waals surface area contributed by atoms with Gasteiger partial charge in [0.15, 0.2) is 5.78 Å². The summed E-state index contributed by atoms with van der Waals surface area (Å²) >= 11 is 6.07. The summed E-state index contributed by atoms with van der Waals surface area (Å²) in [6.07, 6.45) is 1.96. The molecule has 0 heterocycles. The Kier molecular flexibility index (Phi) is 6.39. The third-order valence-corrected chi connectivity index (χ3v) is 4.48. The first-order chi connectivity index (χ1) is 13.1. The monoisotopic (exact) mass is 377 g/mol. The van der Waals surface area contributed by atoms with Gasteiger partial charge in [0.05, 0.1) is 5.69 Å². The molecule has 1 amide bonds. The van der Waals surface area contributed by atoms with Gasteiger partial charge in [-0.3, -0.25) is 9.59 Å². The maximum absolute atomic E-state index is 12.8. The Morgan fingerprint density at radius 2 is 1.52 bits per heavy atom. The number of carbonyl (C=O) groups is 2. The number of halogens is 1. The van der Waals surface area contributed by atoms with E-state index in [1.54, 1.807) is 42.5 Å². The first kappa shape index (κ1) is 18.9. The molecule has 27 heavy (non-hydrogen) atoms. The fourth-order valence-corrected chi connectivity index (χ4v) is 3.04. The van der Waals surface area contributed by atoms with E-state index in [1.807, 2.05) is 36.4 Å². The molecule has 0 fully saturated rings. The minimum atomic E-state index is -0.169. The van der Waals surface area contributed by atoms with E-state index >= 15 is 0 Å². The molecule has 4 heteroatoms. The number of amides is 1. The first-order valence-corrected chi connectivity index (χ1v) is 9.24. The van der Waals surface area contributed by atoms with Crippen LogP contribution in [0.3, 0.4) is 0 Å². The average Bonchev–Trinajstić information content (AvgIpc) is 2.70. The molecule has 0 spiro atoms. The van der Waals surface area contributed by atoms with Gasteiger partial charge < -0.3 is 5.32 Å². The van der Waals surface area contributed by atoms with Crippen LogP contribution in [0, 0.1) is 0 Å². The van der Waals surface area contributed by atoms with Gasteiger partial charge in [0.25, 0.3) is 0 Å². The molecule has 0 atom stereocenters. The van der Waals surface area contributed by atoms with Crippen molar-refractivity contribution in [2.24, 2.45) is 0 Å². The highest BCUT2D eigenvalue weighted by Gasteiger charge is 2.16. The number of nitrogens with one attached hydrogen (secondary N) is 1. The largest absolute Gasteiger partial charge is 0.325 e. The summed E-state index contributed by atoms with van der Waals surface area (Å²) in [4.78, 5) is 25.1. The summed E-state index contributed by atoms with van der Waals surface area (Å²) in [6, 6.07) is 23.9. The van der Waals surface area contributed by atoms with Crippen LogP contribution in [0.2, 0.25) is 5.02 Å². The van der Waals surface area contributed by atoms with Crippen LogP contribution in [-0.4, -0.2) is 11.7 Å². The van der Waals surface area contributed by atoms with Gasteiger partial charge in [0, 0.05) is 22.6 Å². The summed E-state index contributed by atoms with van der Waals surface area (Å²) in [5, 5.41) is 3.31. The number of hydrogen-bond acceptors (Lipinski definition) is 2. The number of anilines is 1. The number of ketones is 1. The standard InChI is InChI=1S/C23H20ClNO2/c24-19-14-15-21(20(16-19)23(27)18-11-5-2-6-12-18)25-22(26)13-7-10-17-8-3-1-4-9-17/h1-6,8-9,11-12,14-16H,7,10,13H2,(H,25,26). The molecule has 136 valence electrons. The minimum absolute atomic E-state index is 0.115. The van der Waals surface area contributed by atoms with Crippen LogP contribution in [0.4, 0.5) is 5.69 Å². The van der Waals surface area contributed by atoms with Crippen molar-refractivity contribution in [2.75, 3.05) is 5.32 Å². The lowest BCUT2D eigenvalue weighted by atomic mass is 10.0. The van der Waals surface area contributed by atoms with E-state index in [0.29, 0.717) is 28.3 Å². The van der Waals surface area contributed by atoms with Crippen LogP contribution in [0.5, 0.6) is 0 Å². The lowest BCUT2D eigenvalue weighted by Gasteiger charge is -2.11. The summed E-state index contributed by atoms with van der Waals surface area (Å²) < 4.78 is 0. The third kappa shape index (κ3) is 5.28. The van der Waals surface area contributed by atoms with Gasteiger partial charge in [0.2, 0.25) is 5.91 Å². The number of aryl methyl sites for hydroxylation is 1. The highest BCUT2D eigenvalue weighted by atomic mass is 35.5.